The van der Waals surface area contributed by atoms with Crippen LogP contribution in [0.15, 0.2) is 42.5 Å². The summed E-state index contributed by atoms with van der Waals surface area (Å²) in [6, 6.07) is 11.6. The molecule has 0 spiro atoms. The number of fused-ring (bicyclic) bond motifs is 1. The van der Waals surface area contributed by atoms with E-state index in [1.165, 1.54) is 18.2 Å². The molecule has 0 saturated carbocycles. The van der Waals surface area contributed by atoms with Gasteiger partial charge >= 0.3 is 0 Å². The maximum absolute atomic E-state index is 13.2. The highest BCUT2D eigenvalue weighted by Crippen LogP contribution is 2.24. The number of nitrogens with zero attached hydrogens (tertiary/aromatic N) is 1. The molecule has 2 aromatic carbocycles. The Hall–Kier alpha value is -2.11. The molecule has 0 radical (unpaired) electrons. The van der Waals surface area contributed by atoms with Crippen LogP contribution in [0.5, 0.6) is 5.75 Å². The molecule has 0 aliphatic carbocycles. The van der Waals surface area contributed by atoms with Crippen molar-refractivity contribution in [2.24, 2.45) is 0 Å². The first-order valence-electron chi connectivity index (χ1n) is 7.75. The number of carbonyl (C=O) groups excluding carboxylic acids is 1. The number of anilines is 1. The molecule has 0 aromatic heterocycles. The minimum atomic E-state index is -0.510. The van der Waals surface area contributed by atoms with Crippen LogP contribution in [-0.2, 0) is 11.3 Å². The van der Waals surface area contributed by atoms with E-state index in [2.05, 4.69) is 5.32 Å². The average Bonchev–Trinajstić information content (AvgIpc) is 2.79. The predicted octanol–water partition coefficient (Wildman–Crippen LogP) is 3.70. The monoisotopic (exact) mass is 348 g/mol. The molecule has 1 amide bonds. The van der Waals surface area contributed by atoms with Crippen molar-refractivity contribution in [3.05, 3.63) is 58.9 Å². The normalized spacial score (nSPS) is 15.8. The summed E-state index contributed by atoms with van der Waals surface area (Å²) in [5, 5.41) is 2.76. The number of ether oxygens (including phenoxy) is 1. The molecular weight excluding hydrogens is 331 g/mol. The summed E-state index contributed by atoms with van der Waals surface area (Å²) in [6.07, 6.45) is 0. The molecule has 1 aliphatic heterocycles. The molecule has 1 unspecified atom stereocenters. The van der Waals surface area contributed by atoms with Crippen molar-refractivity contribution >= 4 is 23.2 Å². The van der Waals surface area contributed by atoms with Gasteiger partial charge in [-0.15, -0.1) is 0 Å². The lowest BCUT2D eigenvalue weighted by atomic mass is 10.1. The molecule has 0 fully saturated rings. The summed E-state index contributed by atoms with van der Waals surface area (Å²) in [5.41, 5.74) is 1.53. The second-order valence-electron chi connectivity index (χ2n) is 5.72. The summed E-state index contributed by atoms with van der Waals surface area (Å²) < 4.78 is 18.9. The summed E-state index contributed by atoms with van der Waals surface area (Å²) in [7, 11) is 0. The maximum Gasteiger partial charge on any atom is 0.241 e. The molecule has 6 heteroatoms. The Kier molecular flexibility index (Phi) is 5.02. The van der Waals surface area contributed by atoms with E-state index in [-0.39, 0.29) is 17.0 Å². The highest BCUT2D eigenvalue weighted by Gasteiger charge is 2.24. The van der Waals surface area contributed by atoms with Crippen molar-refractivity contribution in [3.8, 4) is 5.75 Å². The molecule has 4 nitrogen and oxygen atoms in total. The van der Waals surface area contributed by atoms with E-state index in [0.717, 1.165) is 11.3 Å². The number of halogens is 2. The first kappa shape index (κ1) is 16.7. The van der Waals surface area contributed by atoms with E-state index < -0.39 is 5.82 Å². The molecule has 1 heterocycles. The highest BCUT2D eigenvalue weighted by atomic mass is 35.5. The first-order valence-corrected chi connectivity index (χ1v) is 8.13. The van der Waals surface area contributed by atoms with Crippen molar-refractivity contribution < 1.29 is 13.9 Å². The second-order valence-corrected chi connectivity index (χ2v) is 6.13. The fourth-order valence-electron chi connectivity index (χ4n) is 2.66. The molecule has 1 atom stereocenters. The van der Waals surface area contributed by atoms with Crippen molar-refractivity contribution in [2.45, 2.75) is 19.5 Å². The van der Waals surface area contributed by atoms with Crippen LogP contribution in [0.25, 0.3) is 0 Å². The molecular formula is C18H18ClFN2O2. The molecule has 0 bridgehead atoms. The Balaban J connectivity index is 1.70. The molecule has 24 heavy (non-hydrogen) atoms. The van der Waals surface area contributed by atoms with Crippen LogP contribution in [-0.4, -0.2) is 30.0 Å². The number of carbonyl (C=O) groups is 1. The van der Waals surface area contributed by atoms with E-state index in [0.29, 0.717) is 25.4 Å². The second kappa shape index (κ2) is 7.20. The lowest BCUT2D eigenvalue weighted by Gasteiger charge is -2.26. The maximum atomic E-state index is 13.2. The first-order chi connectivity index (χ1) is 11.5. The van der Waals surface area contributed by atoms with Gasteiger partial charge in [0, 0.05) is 24.3 Å². The number of rotatable bonds is 3. The predicted molar refractivity (Wildman–Crippen MR) is 91.8 cm³/mol. The molecule has 1 N–H and O–H groups in total. The van der Waals surface area contributed by atoms with E-state index in [4.69, 9.17) is 16.3 Å². The third kappa shape index (κ3) is 3.68. The zero-order valence-electron chi connectivity index (χ0n) is 13.3. The van der Waals surface area contributed by atoms with Gasteiger partial charge in [-0.3, -0.25) is 9.69 Å². The van der Waals surface area contributed by atoms with Gasteiger partial charge < -0.3 is 10.1 Å². The summed E-state index contributed by atoms with van der Waals surface area (Å²) in [4.78, 5) is 14.5. The van der Waals surface area contributed by atoms with Gasteiger partial charge in [0.1, 0.15) is 18.2 Å². The zero-order chi connectivity index (χ0) is 17.1. The van der Waals surface area contributed by atoms with Crippen molar-refractivity contribution in [3.63, 3.8) is 0 Å². The van der Waals surface area contributed by atoms with Gasteiger partial charge in [0.15, 0.2) is 0 Å². The van der Waals surface area contributed by atoms with E-state index in [1.807, 2.05) is 36.1 Å². The zero-order valence-corrected chi connectivity index (χ0v) is 14.0. The number of nitrogens with one attached hydrogen (secondary N) is 1. The van der Waals surface area contributed by atoms with Gasteiger partial charge in [0.2, 0.25) is 5.91 Å². The smallest absolute Gasteiger partial charge is 0.241 e. The summed E-state index contributed by atoms with van der Waals surface area (Å²) >= 11 is 5.75. The minimum Gasteiger partial charge on any atom is -0.492 e. The van der Waals surface area contributed by atoms with E-state index in [1.54, 1.807) is 0 Å². The Morgan fingerprint density at radius 3 is 2.92 bits per heavy atom. The molecule has 3 rings (SSSR count). The number of hydrogen-bond donors (Lipinski definition) is 1. The molecule has 126 valence electrons. The molecule has 1 aliphatic rings. The molecule has 0 saturated heterocycles. The topological polar surface area (TPSA) is 41.6 Å². The Morgan fingerprint density at radius 2 is 2.12 bits per heavy atom. The van der Waals surface area contributed by atoms with Crippen molar-refractivity contribution in [1.82, 2.24) is 4.90 Å². The standard InChI is InChI=1S/C18H18ClFN2O2/c1-12(18(23)21-14-6-7-16(20)15(19)10-14)22-8-9-24-17-5-3-2-4-13(17)11-22/h2-7,10,12H,8-9,11H2,1H3,(H,21,23). The fraction of sp³-hybridized carbons (Fsp3) is 0.278. The van der Waals surface area contributed by atoms with Crippen molar-refractivity contribution in [2.75, 3.05) is 18.5 Å². The van der Waals surface area contributed by atoms with Crippen LogP contribution in [0.4, 0.5) is 10.1 Å². The van der Waals surface area contributed by atoms with Gasteiger partial charge in [-0.25, -0.2) is 4.39 Å². The number of amides is 1. The highest BCUT2D eigenvalue weighted by molar-refractivity contribution is 6.31. The van der Waals surface area contributed by atoms with Gasteiger partial charge in [-0.2, -0.15) is 0 Å². The number of hydrogen-bond acceptors (Lipinski definition) is 3. The minimum absolute atomic E-state index is 0.0162. The quantitative estimate of drug-likeness (QED) is 0.919. The Bertz CT molecular complexity index is 754. The van der Waals surface area contributed by atoms with Gasteiger partial charge in [0.25, 0.3) is 0 Å². The lowest BCUT2D eigenvalue weighted by Crippen LogP contribution is -2.42. The Labute approximate surface area is 145 Å². The number of para-hydroxylation sites is 1. The Morgan fingerprint density at radius 1 is 1.33 bits per heavy atom. The summed E-state index contributed by atoms with van der Waals surface area (Å²) in [6.45, 7) is 3.65. The van der Waals surface area contributed by atoms with Crippen molar-refractivity contribution in [1.29, 1.82) is 0 Å². The van der Waals surface area contributed by atoms with Crippen LogP contribution in [0.1, 0.15) is 12.5 Å². The third-order valence-electron chi connectivity index (χ3n) is 4.10. The largest absolute Gasteiger partial charge is 0.492 e. The molecule has 2 aromatic rings. The summed E-state index contributed by atoms with van der Waals surface area (Å²) in [5.74, 6) is 0.180. The van der Waals surface area contributed by atoms with Gasteiger partial charge in [0.05, 0.1) is 11.1 Å². The van der Waals surface area contributed by atoms with Crippen LogP contribution in [0.3, 0.4) is 0 Å². The van der Waals surface area contributed by atoms with E-state index >= 15 is 0 Å². The van der Waals surface area contributed by atoms with Crippen LogP contribution in [0.2, 0.25) is 5.02 Å². The average molecular weight is 349 g/mol. The third-order valence-corrected chi connectivity index (χ3v) is 4.39. The lowest BCUT2D eigenvalue weighted by molar-refractivity contribution is -0.121. The fourth-order valence-corrected chi connectivity index (χ4v) is 2.84. The van der Waals surface area contributed by atoms with Crippen LogP contribution in [0, 0.1) is 5.82 Å². The van der Waals surface area contributed by atoms with Gasteiger partial charge in [-0.1, -0.05) is 29.8 Å². The SMILES string of the molecule is CC(C(=O)Nc1ccc(F)c(Cl)c1)N1CCOc2ccccc2C1. The number of benzene rings is 2. The van der Waals surface area contributed by atoms with Gasteiger partial charge in [-0.05, 0) is 31.2 Å². The van der Waals surface area contributed by atoms with E-state index in [9.17, 15) is 9.18 Å². The van der Waals surface area contributed by atoms with Crippen LogP contribution >= 0.6 is 11.6 Å². The van der Waals surface area contributed by atoms with Crippen LogP contribution < -0.4 is 10.1 Å².